The standard InChI is InChI=1S/C21H26N2O2S/c1-5-9-19-16(6-2)17(7-3)23-18-14-15(10-11-20(18)26-19)21(24)22-12-8-13-25-4/h5-6,9-11,14H,1,7-8,12-13H2,2-4H3,(H,22,24)/b16-6-,19-9+. The van der Waals surface area contributed by atoms with Gasteiger partial charge in [-0.05, 0) is 44.0 Å². The summed E-state index contributed by atoms with van der Waals surface area (Å²) < 4.78 is 5.00. The average molecular weight is 371 g/mol. The molecule has 1 aliphatic heterocycles. The predicted molar refractivity (Wildman–Crippen MR) is 111 cm³/mol. The maximum Gasteiger partial charge on any atom is 0.251 e. The van der Waals surface area contributed by atoms with Gasteiger partial charge >= 0.3 is 0 Å². The molecule has 2 rings (SSSR count). The Kier molecular flexibility index (Phi) is 7.88. The van der Waals surface area contributed by atoms with Crippen molar-refractivity contribution in [1.82, 2.24) is 5.32 Å². The summed E-state index contributed by atoms with van der Waals surface area (Å²) in [6.07, 6.45) is 7.51. The maximum absolute atomic E-state index is 12.4. The van der Waals surface area contributed by atoms with Crippen LogP contribution in [0.4, 0.5) is 5.69 Å². The number of benzene rings is 1. The molecular formula is C21H26N2O2S. The third-order valence-electron chi connectivity index (χ3n) is 3.98. The molecule has 0 aliphatic carbocycles. The number of fused-ring (bicyclic) bond motifs is 1. The summed E-state index contributed by atoms with van der Waals surface area (Å²) in [4.78, 5) is 19.4. The molecule has 0 unspecified atom stereocenters. The predicted octanol–water partition coefficient (Wildman–Crippen LogP) is 5.06. The van der Waals surface area contributed by atoms with Crippen LogP contribution >= 0.6 is 11.8 Å². The lowest BCUT2D eigenvalue weighted by Crippen LogP contribution is -2.25. The number of methoxy groups -OCH3 is 1. The van der Waals surface area contributed by atoms with Gasteiger partial charge in [-0.15, -0.1) is 0 Å². The first kappa shape index (κ1) is 20.2. The molecule has 0 spiro atoms. The highest BCUT2D eigenvalue weighted by molar-refractivity contribution is 8.03. The highest BCUT2D eigenvalue weighted by Crippen LogP contribution is 2.42. The summed E-state index contributed by atoms with van der Waals surface area (Å²) in [5.74, 6) is -0.0838. The van der Waals surface area contributed by atoms with Crippen LogP contribution in [-0.4, -0.2) is 31.9 Å². The van der Waals surface area contributed by atoms with Crippen molar-refractivity contribution in [3.63, 3.8) is 0 Å². The summed E-state index contributed by atoms with van der Waals surface area (Å²) in [5, 5.41) is 2.92. The van der Waals surface area contributed by atoms with Crippen molar-refractivity contribution in [2.45, 2.75) is 31.6 Å². The number of aliphatic imine (C=N–C) groups is 1. The average Bonchev–Trinajstić information content (AvgIpc) is 2.80. The molecule has 0 saturated heterocycles. The monoisotopic (exact) mass is 370 g/mol. The molecule has 1 heterocycles. The van der Waals surface area contributed by atoms with E-state index in [1.807, 2.05) is 31.2 Å². The lowest BCUT2D eigenvalue weighted by atomic mass is 10.1. The van der Waals surface area contributed by atoms with Gasteiger partial charge in [0.25, 0.3) is 5.91 Å². The van der Waals surface area contributed by atoms with Gasteiger partial charge in [0.05, 0.1) is 5.69 Å². The quantitative estimate of drug-likeness (QED) is 0.683. The Bertz CT molecular complexity index is 763. The van der Waals surface area contributed by atoms with Crippen molar-refractivity contribution >= 4 is 29.1 Å². The first-order valence-electron chi connectivity index (χ1n) is 8.81. The lowest BCUT2D eigenvalue weighted by Gasteiger charge is -2.09. The van der Waals surface area contributed by atoms with Crippen LogP contribution in [0, 0.1) is 0 Å². The van der Waals surface area contributed by atoms with Gasteiger partial charge in [0, 0.05) is 46.9 Å². The van der Waals surface area contributed by atoms with Crippen LogP contribution in [0.3, 0.4) is 0 Å². The summed E-state index contributed by atoms with van der Waals surface area (Å²) in [5.41, 5.74) is 3.60. The minimum absolute atomic E-state index is 0.0838. The molecule has 0 saturated carbocycles. The Morgan fingerprint density at radius 1 is 1.42 bits per heavy atom. The molecule has 0 fully saturated rings. The Balaban J connectivity index is 2.33. The Morgan fingerprint density at radius 3 is 2.88 bits per heavy atom. The summed E-state index contributed by atoms with van der Waals surface area (Å²) in [7, 11) is 1.66. The molecule has 0 bridgehead atoms. The van der Waals surface area contributed by atoms with Crippen molar-refractivity contribution in [3.8, 4) is 0 Å². The molecule has 26 heavy (non-hydrogen) atoms. The first-order chi connectivity index (χ1) is 12.6. The van der Waals surface area contributed by atoms with Gasteiger partial charge in [0.1, 0.15) is 0 Å². The van der Waals surface area contributed by atoms with Gasteiger partial charge in [-0.2, -0.15) is 0 Å². The molecule has 1 aromatic rings. The van der Waals surface area contributed by atoms with E-state index < -0.39 is 0 Å². The zero-order chi connectivity index (χ0) is 18.9. The number of carbonyl (C=O) groups excluding carboxylic acids is 1. The van der Waals surface area contributed by atoms with Crippen LogP contribution in [-0.2, 0) is 4.74 Å². The number of nitrogens with zero attached hydrogens (tertiary/aromatic N) is 1. The van der Waals surface area contributed by atoms with E-state index in [1.165, 1.54) is 0 Å². The number of thioether (sulfide) groups is 1. The number of carbonyl (C=O) groups is 1. The van der Waals surface area contributed by atoms with Crippen LogP contribution in [0.15, 0.2) is 63.4 Å². The summed E-state index contributed by atoms with van der Waals surface area (Å²) >= 11 is 1.66. The van der Waals surface area contributed by atoms with E-state index in [9.17, 15) is 4.79 Å². The number of hydrogen-bond acceptors (Lipinski definition) is 4. The maximum atomic E-state index is 12.4. The van der Waals surface area contributed by atoms with Crippen molar-refractivity contribution in [2.75, 3.05) is 20.3 Å². The molecular weight excluding hydrogens is 344 g/mol. The van der Waals surface area contributed by atoms with Crippen LogP contribution in [0.2, 0.25) is 0 Å². The number of rotatable bonds is 7. The number of ether oxygens (including phenoxy) is 1. The van der Waals surface area contributed by atoms with Gasteiger partial charge in [-0.1, -0.05) is 37.4 Å². The molecule has 1 aromatic carbocycles. The summed E-state index contributed by atoms with van der Waals surface area (Å²) in [6, 6.07) is 5.69. The Hall–Kier alpha value is -2.11. The van der Waals surface area contributed by atoms with E-state index >= 15 is 0 Å². The largest absolute Gasteiger partial charge is 0.385 e. The molecule has 5 heteroatoms. The molecule has 0 atom stereocenters. The van der Waals surface area contributed by atoms with Gasteiger partial charge in [0.15, 0.2) is 0 Å². The fourth-order valence-corrected chi connectivity index (χ4v) is 3.78. The van der Waals surface area contributed by atoms with E-state index in [0.29, 0.717) is 18.7 Å². The molecule has 1 amide bonds. The number of hydrogen-bond donors (Lipinski definition) is 1. The topological polar surface area (TPSA) is 50.7 Å². The molecule has 138 valence electrons. The number of nitrogens with one attached hydrogen (secondary N) is 1. The fourth-order valence-electron chi connectivity index (χ4n) is 2.68. The Morgan fingerprint density at radius 2 is 2.23 bits per heavy atom. The minimum Gasteiger partial charge on any atom is -0.385 e. The Labute approximate surface area is 160 Å². The zero-order valence-electron chi connectivity index (χ0n) is 15.7. The smallest absolute Gasteiger partial charge is 0.251 e. The van der Waals surface area contributed by atoms with Crippen molar-refractivity contribution < 1.29 is 9.53 Å². The van der Waals surface area contributed by atoms with Gasteiger partial charge in [-0.3, -0.25) is 9.79 Å². The zero-order valence-corrected chi connectivity index (χ0v) is 16.5. The number of amides is 1. The van der Waals surface area contributed by atoms with E-state index in [4.69, 9.17) is 9.73 Å². The van der Waals surface area contributed by atoms with Crippen LogP contribution in [0.5, 0.6) is 0 Å². The fraction of sp³-hybridized carbons (Fsp3) is 0.333. The van der Waals surface area contributed by atoms with Gasteiger partial charge < -0.3 is 10.1 Å². The van der Waals surface area contributed by atoms with Gasteiger partial charge in [0.2, 0.25) is 0 Å². The van der Waals surface area contributed by atoms with Crippen molar-refractivity contribution in [1.29, 1.82) is 0 Å². The molecule has 0 radical (unpaired) electrons. The third-order valence-corrected chi connectivity index (χ3v) is 5.12. The molecule has 1 aliphatic rings. The van der Waals surface area contributed by atoms with Gasteiger partial charge in [-0.25, -0.2) is 0 Å². The third kappa shape index (κ3) is 4.96. The highest BCUT2D eigenvalue weighted by Gasteiger charge is 2.19. The van der Waals surface area contributed by atoms with E-state index in [0.717, 1.165) is 39.6 Å². The second kappa shape index (κ2) is 10.1. The first-order valence-corrected chi connectivity index (χ1v) is 9.62. The minimum atomic E-state index is -0.0838. The van der Waals surface area contributed by atoms with E-state index in [1.54, 1.807) is 24.9 Å². The lowest BCUT2D eigenvalue weighted by molar-refractivity contribution is 0.0948. The summed E-state index contributed by atoms with van der Waals surface area (Å²) in [6.45, 7) is 9.16. The molecule has 0 aromatic heterocycles. The normalized spacial score (nSPS) is 16.8. The van der Waals surface area contributed by atoms with Crippen LogP contribution in [0.1, 0.15) is 37.0 Å². The second-order valence-corrected chi connectivity index (χ2v) is 6.85. The van der Waals surface area contributed by atoms with E-state index in [2.05, 4.69) is 24.9 Å². The second-order valence-electron chi connectivity index (χ2n) is 5.77. The number of allylic oxidation sites excluding steroid dienone is 4. The molecule has 1 N–H and O–H groups in total. The molecule has 4 nitrogen and oxygen atoms in total. The highest BCUT2D eigenvalue weighted by atomic mass is 32.2. The van der Waals surface area contributed by atoms with Crippen molar-refractivity contribution in [3.05, 3.63) is 59.0 Å². The van der Waals surface area contributed by atoms with Crippen LogP contribution in [0.25, 0.3) is 0 Å². The SMILES string of the molecule is C=C/C=C1/Sc2ccc(C(=O)NCCCOC)cc2N=C(CC)/C1=C/C. The van der Waals surface area contributed by atoms with E-state index in [-0.39, 0.29) is 5.91 Å². The van der Waals surface area contributed by atoms with Crippen LogP contribution < -0.4 is 5.32 Å². The van der Waals surface area contributed by atoms with Crippen molar-refractivity contribution in [2.24, 2.45) is 4.99 Å².